The molecule has 0 aliphatic carbocycles. The lowest BCUT2D eigenvalue weighted by Crippen LogP contribution is -2.53. The third-order valence-electron chi connectivity index (χ3n) is 5.42. The molecule has 3 N–H and O–H groups in total. The van der Waals surface area contributed by atoms with E-state index in [0.717, 1.165) is 11.8 Å². The summed E-state index contributed by atoms with van der Waals surface area (Å²) in [5.74, 6) is -0.279. The normalized spacial score (nSPS) is 16.0. The smallest absolute Gasteiger partial charge is 0.319 e. The van der Waals surface area contributed by atoms with Crippen molar-refractivity contribution in [3.8, 4) is 11.1 Å². The number of urea groups is 1. The number of rotatable bonds is 6. The number of hydrogen-bond acceptors (Lipinski definition) is 5. The van der Waals surface area contributed by atoms with Gasteiger partial charge < -0.3 is 15.5 Å². The number of piperidine rings is 1. The first-order chi connectivity index (χ1) is 16.7. The topological polar surface area (TPSA) is 120 Å². The lowest BCUT2D eigenvalue weighted by Gasteiger charge is -2.33. The molecule has 1 aliphatic rings. The molecule has 1 atom stereocenters. The summed E-state index contributed by atoms with van der Waals surface area (Å²) in [6.07, 6.45) is 3.64. The van der Waals surface area contributed by atoms with Gasteiger partial charge in [0.15, 0.2) is 0 Å². The first-order valence-corrected chi connectivity index (χ1v) is 13.1. The number of aromatic nitrogens is 1. The predicted octanol–water partition coefficient (Wildman–Crippen LogP) is 4.09. The molecule has 1 fully saturated rings. The Morgan fingerprint density at radius 2 is 1.89 bits per heavy atom. The van der Waals surface area contributed by atoms with Crippen molar-refractivity contribution in [1.82, 2.24) is 10.3 Å². The molecule has 1 aromatic heterocycles. The molecular formula is C24H24ClN5O4S. The zero-order valence-corrected chi connectivity index (χ0v) is 20.4. The number of carbonyl (C=O) groups excluding carboxylic acids is 2. The average molecular weight is 514 g/mol. The summed E-state index contributed by atoms with van der Waals surface area (Å²) >= 11 is 5.76. The van der Waals surface area contributed by atoms with Gasteiger partial charge in [-0.2, -0.15) is 0 Å². The van der Waals surface area contributed by atoms with Gasteiger partial charge in [-0.05, 0) is 42.7 Å². The molecule has 1 saturated heterocycles. The Morgan fingerprint density at radius 3 is 2.57 bits per heavy atom. The molecule has 0 bridgehead atoms. The Kier molecular flexibility index (Phi) is 7.23. The number of nitrogens with one attached hydrogen (secondary N) is 3. The molecule has 1 aliphatic heterocycles. The van der Waals surface area contributed by atoms with Crippen molar-refractivity contribution in [3.63, 3.8) is 0 Å². The number of pyridine rings is 1. The van der Waals surface area contributed by atoms with Gasteiger partial charge >= 0.3 is 6.03 Å². The standard InChI is InChI=1S/C24H24ClN5O4S/c1-35(33,34)29-21-14-18(10-11-19(21)16-6-3-2-4-7-16)30-13-5-8-20(23(30)31)28-24(32)27-17-9-12-22(25)26-15-17/h2-4,6-7,9-12,14-15,20,29H,5,8,13H2,1H3,(H2,27,28,32)/t20-/m1/s1. The highest BCUT2D eigenvalue weighted by molar-refractivity contribution is 7.92. The van der Waals surface area contributed by atoms with Crippen molar-refractivity contribution < 1.29 is 18.0 Å². The van der Waals surface area contributed by atoms with Crippen molar-refractivity contribution in [2.75, 3.05) is 27.7 Å². The maximum Gasteiger partial charge on any atom is 0.319 e. The molecule has 182 valence electrons. The fraction of sp³-hybridized carbons (Fsp3) is 0.208. The first kappa shape index (κ1) is 24.5. The third-order valence-corrected chi connectivity index (χ3v) is 6.24. The first-order valence-electron chi connectivity index (χ1n) is 10.9. The van der Waals surface area contributed by atoms with Crippen LogP contribution in [0.2, 0.25) is 5.15 Å². The maximum absolute atomic E-state index is 13.2. The molecule has 3 amide bonds. The van der Waals surface area contributed by atoms with E-state index in [1.807, 2.05) is 30.3 Å². The number of anilines is 3. The number of amides is 3. The molecule has 9 nitrogen and oxygen atoms in total. The minimum Gasteiger partial charge on any atom is -0.326 e. The van der Waals surface area contributed by atoms with Gasteiger partial charge in [-0.25, -0.2) is 18.2 Å². The van der Waals surface area contributed by atoms with Gasteiger partial charge in [-0.3, -0.25) is 9.52 Å². The largest absolute Gasteiger partial charge is 0.326 e. The van der Waals surface area contributed by atoms with Gasteiger partial charge in [0, 0.05) is 17.8 Å². The highest BCUT2D eigenvalue weighted by Gasteiger charge is 2.31. The molecule has 0 saturated carbocycles. The predicted molar refractivity (Wildman–Crippen MR) is 137 cm³/mol. The van der Waals surface area contributed by atoms with E-state index in [4.69, 9.17) is 11.6 Å². The average Bonchev–Trinajstić information content (AvgIpc) is 2.81. The number of halogens is 1. The Morgan fingerprint density at radius 1 is 1.11 bits per heavy atom. The number of benzene rings is 2. The van der Waals surface area contributed by atoms with Gasteiger partial charge in [0.05, 0.1) is 23.8 Å². The SMILES string of the molecule is CS(=O)(=O)Nc1cc(N2CCC[C@@H](NC(=O)Nc3ccc(Cl)nc3)C2=O)ccc1-c1ccccc1. The van der Waals surface area contributed by atoms with E-state index in [0.29, 0.717) is 47.2 Å². The molecule has 0 spiro atoms. The third kappa shape index (κ3) is 6.28. The summed E-state index contributed by atoms with van der Waals surface area (Å²) in [6.45, 7) is 0.447. The summed E-state index contributed by atoms with van der Waals surface area (Å²) in [5.41, 5.74) is 2.87. The van der Waals surface area contributed by atoms with Gasteiger partial charge in [-0.1, -0.05) is 48.0 Å². The molecule has 4 rings (SSSR count). The Labute approximate surface area is 208 Å². The Balaban J connectivity index is 1.54. The van der Waals surface area contributed by atoms with E-state index in [1.165, 1.54) is 6.20 Å². The van der Waals surface area contributed by atoms with E-state index in [-0.39, 0.29) is 5.91 Å². The number of hydrogen-bond donors (Lipinski definition) is 3. The van der Waals surface area contributed by atoms with Crippen LogP contribution >= 0.6 is 11.6 Å². The molecule has 3 aromatic rings. The van der Waals surface area contributed by atoms with Crippen molar-refractivity contribution in [3.05, 3.63) is 72.0 Å². The van der Waals surface area contributed by atoms with Crippen LogP contribution in [0, 0.1) is 0 Å². The zero-order valence-electron chi connectivity index (χ0n) is 18.9. The summed E-state index contributed by atoms with van der Waals surface area (Å²) < 4.78 is 26.6. The molecule has 11 heteroatoms. The molecule has 35 heavy (non-hydrogen) atoms. The minimum absolute atomic E-state index is 0.279. The van der Waals surface area contributed by atoms with Crippen LogP contribution < -0.4 is 20.3 Å². The van der Waals surface area contributed by atoms with Crippen LogP contribution in [0.5, 0.6) is 0 Å². The lowest BCUT2D eigenvalue weighted by molar-refractivity contribution is -0.121. The fourth-order valence-electron chi connectivity index (χ4n) is 3.89. The van der Waals surface area contributed by atoms with E-state index in [9.17, 15) is 18.0 Å². The molecule has 2 heterocycles. The van der Waals surface area contributed by atoms with E-state index in [2.05, 4.69) is 20.3 Å². The Bertz CT molecular complexity index is 1330. The fourth-order valence-corrected chi connectivity index (χ4v) is 4.57. The summed E-state index contributed by atoms with van der Waals surface area (Å²) in [4.78, 5) is 31.1. The summed E-state index contributed by atoms with van der Waals surface area (Å²) in [5, 5.41) is 5.64. The second kappa shape index (κ2) is 10.3. The van der Waals surface area contributed by atoms with Gasteiger partial charge in [0.1, 0.15) is 11.2 Å². The van der Waals surface area contributed by atoms with Crippen LogP contribution in [-0.2, 0) is 14.8 Å². The number of sulfonamides is 1. The molecule has 0 unspecified atom stereocenters. The van der Waals surface area contributed by atoms with Crippen molar-refractivity contribution in [1.29, 1.82) is 0 Å². The second-order valence-electron chi connectivity index (χ2n) is 8.12. The zero-order chi connectivity index (χ0) is 25.0. The van der Waals surface area contributed by atoms with Crippen molar-refractivity contribution in [2.45, 2.75) is 18.9 Å². The van der Waals surface area contributed by atoms with Gasteiger partial charge in [-0.15, -0.1) is 0 Å². The quantitative estimate of drug-likeness (QED) is 0.429. The molecule has 0 radical (unpaired) electrons. The maximum atomic E-state index is 13.2. The highest BCUT2D eigenvalue weighted by Crippen LogP contribution is 2.33. The van der Waals surface area contributed by atoms with Gasteiger partial charge in [0.25, 0.3) is 0 Å². The molecule has 2 aromatic carbocycles. The van der Waals surface area contributed by atoms with Crippen molar-refractivity contribution >= 4 is 50.6 Å². The number of nitrogens with zero attached hydrogens (tertiary/aromatic N) is 2. The van der Waals surface area contributed by atoms with Gasteiger partial charge in [0.2, 0.25) is 15.9 Å². The molecular weight excluding hydrogens is 490 g/mol. The van der Waals surface area contributed by atoms with Crippen LogP contribution in [0.25, 0.3) is 11.1 Å². The van der Waals surface area contributed by atoms with Crippen LogP contribution in [0.15, 0.2) is 66.9 Å². The Hall–Kier alpha value is -3.63. The minimum atomic E-state index is -3.56. The van der Waals surface area contributed by atoms with E-state index in [1.54, 1.807) is 35.2 Å². The van der Waals surface area contributed by atoms with Crippen LogP contribution in [0.1, 0.15) is 12.8 Å². The summed E-state index contributed by atoms with van der Waals surface area (Å²) in [7, 11) is -3.56. The van der Waals surface area contributed by atoms with E-state index < -0.39 is 22.1 Å². The van der Waals surface area contributed by atoms with Crippen LogP contribution in [0.4, 0.5) is 21.9 Å². The second-order valence-corrected chi connectivity index (χ2v) is 10.3. The summed E-state index contributed by atoms with van der Waals surface area (Å²) in [6, 6.07) is 16.4. The van der Waals surface area contributed by atoms with Crippen LogP contribution in [-0.4, -0.2) is 44.2 Å². The monoisotopic (exact) mass is 513 g/mol. The van der Waals surface area contributed by atoms with Crippen LogP contribution in [0.3, 0.4) is 0 Å². The lowest BCUT2D eigenvalue weighted by atomic mass is 10.0. The highest BCUT2D eigenvalue weighted by atomic mass is 35.5. The van der Waals surface area contributed by atoms with Crippen molar-refractivity contribution in [2.24, 2.45) is 0 Å². The van der Waals surface area contributed by atoms with E-state index >= 15 is 0 Å². The number of carbonyl (C=O) groups is 2.